The van der Waals surface area contributed by atoms with Gasteiger partial charge in [-0.1, -0.05) is 18.4 Å². The van der Waals surface area contributed by atoms with Crippen molar-refractivity contribution in [3.8, 4) is 0 Å². The number of unbranched alkanes of at least 4 members (excludes halogenated alkanes) is 1. The molecule has 0 saturated heterocycles. The number of rotatable bonds is 10. The number of hydrogen-bond donors (Lipinski definition) is 1. The monoisotopic (exact) mass is 396 g/mol. The summed E-state index contributed by atoms with van der Waals surface area (Å²) in [5, 5.41) is 7.65. The van der Waals surface area contributed by atoms with Crippen molar-refractivity contribution < 1.29 is 37.7 Å². The number of esters is 1. The number of hydrogen-bond acceptors (Lipinski definition) is 7. The fraction of sp³-hybridized carbons (Fsp3) is 0.941. The molecule has 26 heavy (non-hydrogen) atoms. The minimum atomic E-state index is -3.50. The zero-order chi connectivity index (χ0) is 18.8. The van der Waals surface area contributed by atoms with Crippen molar-refractivity contribution in [3.05, 3.63) is 0 Å². The van der Waals surface area contributed by atoms with Crippen LogP contribution in [0.2, 0.25) is 0 Å². The average molecular weight is 396 g/mol. The Kier molecular flexibility index (Phi) is 6.13. The second-order valence-corrected chi connectivity index (χ2v) is 8.97. The number of carbonyl (C=O) groups is 1. The van der Waals surface area contributed by atoms with E-state index in [0.29, 0.717) is 37.7 Å². The van der Waals surface area contributed by atoms with Crippen LogP contribution in [-0.2, 0) is 23.6 Å². The Bertz CT molecular complexity index is 503. The lowest BCUT2D eigenvalue weighted by Gasteiger charge is -2.60. The van der Waals surface area contributed by atoms with Gasteiger partial charge >= 0.3 is 11.2 Å². The van der Waals surface area contributed by atoms with Crippen LogP contribution in [0.15, 0.2) is 0 Å². The molecule has 4 fully saturated rings. The van der Waals surface area contributed by atoms with E-state index in [1.165, 1.54) is 0 Å². The van der Waals surface area contributed by atoms with Crippen LogP contribution in [0.25, 0.3) is 0 Å². The molecule has 4 saturated carbocycles. The third-order valence-electron chi connectivity index (χ3n) is 5.90. The zero-order valence-electron chi connectivity index (χ0n) is 14.9. The quantitative estimate of drug-likeness (QED) is 0.193. The fourth-order valence-corrected chi connectivity index (χ4v) is 5.65. The Balaban J connectivity index is 1.64. The Morgan fingerprint density at radius 3 is 2.58 bits per heavy atom. The van der Waals surface area contributed by atoms with Crippen LogP contribution in [-0.4, -0.2) is 35.3 Å². The fourth-order valence-electron chi connectivity index (χ4n) is 5.41. The van der Waals surface area contributed by atoms with Crippen LogP contribution < -0.4 is 0 Å². The summed E-state index contributed by atoms with van der Waals surface area (Å²) in [6.07, 6.45) is 6.96. The Hall–Kier alpha value is -0.480. The van der Waals surface area contributed by atoms with E-state index in [4.69, 9.17) is 14.7 Å². The molecule has 0 aliphatic heterocycles. The lowest BCUT2D eigenvalue weighted by molar-refractivity contribution is -0.433. The summed E-state index contributed by atoms with van der Waals surface area (Å²) in [5.74, 6) is 0.220. The molecule has 0 radical (unpaired) electrons. The molecule has 4 aliphatic carbocycles. The van der Waals surface area contributed by atoms with Crippen molar-refractivity contribution in [2.24, 2.45) is 17.3 Å². The molecule has 4 rings (SSSR count). The van der Waals surface area contributed by atoms with E-state index >= 15 is 0 Å². The molecule has 0 spiro atoms. The lowest BCUT2D eigenvalue weighted by Crippen LogP contribution is -2.59. The van der Waals surface area contributed by atoms with Gasteiger partial charge in [0.05, 0.1) is 11.0 Å². The lowest BCUT2D eigenvalue weighted by atomic mass is 9.48. The van der Waals surface area contributed by atoms with Crippen LogP contribution in [0.5, 0.6) is 0 Å². The van der Waals surface area contributed by atoms with E-state index in [9.17, 15) is 13.6 Å². The maximum absolute atomic E-state index is 13.6. The van der Waals surface area contributed by atoms with Crippen LogP contribution in [0.3, 0.4) is 0 Å². The first-order valence-corrected chi connectivity index (χ1v) is 9.91. The molecule has 0 heterocycles. The van der Waals surface area contributed by atoms with Gasteiger partial charge in [0.15, 0.2) is 6.61 Å². The number of halogens is 2. The summed E-state index contributed by atoms with van der Waals surface area (Å²) in [4.78, 5) is 12.7. The van der Waals surface area contributed by atoms with Crippen molar-refractivity contribution in [3.63, 3.8) is 0 Å². The molecule has 2 unspecified atom stereocenters. The Labute approximate surface area is 155 Å². The molecule has 4 aliphatic rings. The van der Waals surface area contributed by atoms with Crippen molar-refractivity contribution in [2.45, 2.75) is 69.1 Å². The topological polar surface area (TPSA) is 74.2 Å². The van der Waals surface area contributed by atoms with Gasteiger partial charge in [-0.3, -0.25) is 4.79 Å². The molecule has 0 aromatic rings. The number of ether oxygens (including phenoxy) is 2. The zero-order valence-corrected chi connectivity index (χ0v) is 15.7. The first-order chi connectivity index (χ1) is 12.3. The Morgan fingerprint density at radius 2 is 1.96 bits per heavy atom. The van der Waals surface area contributed by atoms with Crippen LogP contribution in [0, 0.1) is 17.3 Å². The first-order valence-electron chi connectivity index (χ1n) is 9.17. The van der Waals surface area contributed by atoms with Gasteiger partial charge in [0, 0.05) is 6.61 Å². The summed E-state index contributed by atoms with van der Waals surface area (Å²) in [5.41, 5.74) is -1.02. The number of alkyl halides is 2. The largest absolute Gasteiger partial charge is 0.458 e. The smallest absolute Gasteiger partial charge is 0.354 e. The van der Waals surface area contributed by atoms with E-state index in [-0.39, 0.29) is 5.60 Å². The summed E-state index contributed by atoms with van der Waals surface area (Å²) < 4.78 is 42.1. The second-order valence-electron chi connectivity index (χ2n) is 8.07. The number of carbonyl (C=O) groups excluding carboxylic acids is 1. The summed E-state index contributed by atoms with van der Waals surface area (Å²) in [7, 11) is 0. The third kappa shape index (κ3) is 4.32. The maximum atomic E-state index is 13.6. The van der Waals surface area contributed by atoms with Crippen LogP contribution >= 0.6 is 12.0 Å². The highest BCUT2D eigenvalue weighted by Crippen LogP contribution is 2.63. The molecule has 6 nitrogen and oxygen atoms in total. The van der Waals surface area contributed by atoms with Crippen molar-refractivity contribution in [1.82, 2.24) is 0 Å². The molecule has 2 atom stereocenters. The molecule has 0 aromatic heterocycles. The van der Waals surface area contributed by atoms with Gasteiger partial charge in [-0.15, -0.1) is 4.33 Å². The molecule has 4 bridgehead atoms. The highest BCUT2D eigenvalue weighted by Gasteiger charge is 2.62. The van der Waals surface area contributed by atoms with E-state index in [1.54, 1.807) is 0 Å². The molecule has 1 N–H and O–H groups in total. The molecule has 9 heteroatoms. The van der Waals surface area contributed by atoms with E-state index < -0.39 is 35.3 Å². The summed E-state index contributed by atoms with van der Waals surface area (Å²) in [6.45, 7) is 1.65. The van der Waals surface area contributed by atoms with Gasteiger partial charge < -0.3 is 9.47 Å². The van der Waals surface area contributed by atoms with E-state index in [1.807, 2.05) is 0 Å². The highest BCUT2D eigenvalue weighted by atomic mass is 32.2. The molecular formula is C17H26F2O6S. The highest BCUT2D eigenvalue weighted by molar-refractivity contribution is 7.95. The van der Waals surface area contributed by atoms with Gasteiger partial charge in [-0.25, -0.2) is 5.26 Å². The maximum Gasteiger partial charge on any atom is 0.354 e. The predicted octanol–water partition coefficient (Wildman–Crippen LogP) is 4.35. The summed E-state index contributed by atoms with van der Waals surface area (Å²) >= 11 is -0.397. The van der Waals surface area contributed by atoms with Crippen LogP contribution in [0.1, 0.15) is 58.3 Å². The molecule has 0 amide bonds. The van der Waals surface area contributed by atoms with Crippen molar-refractivity contribution in [2.75, 3.05) is 13.2 Å². The van der Waals surface area contributed by atoms with Gasteiger partial charge in [0.2, 0.25) is 0 Å². The average Bonchev–Trinajstić information content (AvgIpc) is 2.57. The third-order valence-corrected chi connectivity index (χ3v) is 6.39. The summed E-state index contributed by atoms with van der Waals surface area (Å²) in [6, 6.07) is 0. The van der Waals surface area contributed by atoms with Crippen molar-refractivity contribution in [1.29, 1.82) is 0 Å². The van der Waals surface area contributed by atoms with Gasteiger partial charge in [-0.05, 0) is 56.8 Å². The minimum Gasteiger partial charge on any atom is -0.458 e. The van der Waals surface area contributed by atoms with Crippen molar-refractivity contribution >= 4 is 18.0 Å². The predicted molar refractivity (Wildman–Crippen MR) is 89.0 cm³/mol. The second kappa shape index (κ2) is 7.87. The van der Waals surface area contributed by atoms with Crippen LogP contribution in [0.4, 0.5) is 8.78 Å². The standard InChI is InChI=1S/C17H26F2O6S/c1-2-3-4-23-16-8-12-5-13(9-16)7-15(6-12,10-16)14(20)22-11-17(18,19)26-25-24-21/h12-13,21H,2-11H2,1H3. The first kappa shape index (κ1) is 20.3. The minimum absolute atomic E-state index is 0.302. The SMILES string of the molecule is CCCCOC12CC3CC(C1)CC(C(=O)OCC(F)(F)SOOO)(C3)C2. The van der Waals surface area contributed by atoms with E-state index in [2.05, 4.69) is 16.3 Å². The van der Waals surface area contributed by atoms with Gasteiger partial charge in [0.1, 0.15) is 12.0 Å². The Morgan fingerprint density at radius 1 is 1.27 bits per heavy atom. The van der Waals surface area contributed by atoms with Gasteiger partial charge in [-0.2, -0.15) is 8.78 Å². The molecular weight excluding hydrogens is 370 g/mol. The molecule has 150 valence electrons. The van der Waals surface area contributed by atoms with Gasteiger partial charge in [0.25, 0.3) is 0 Å². The normalized spacial score (nSPS) is 35.7. The molecule has 0 aromatic carbocycles. The van der Waals surface area contributed by atoms with E-state index in [0.717, 1.165) is 32.1 Å².